The van der Waals surface area contributed by atoms with Gasteiger partial charge >= 0.3 is 0 Å². The Labute approximate surface area is 374 Å². The van der Waals surface area contributed by atoms with E-state index in [4.69, 9.17) is 0 Å². The van der Waals surface area contributed by atoms with Gasteiger partial charge in [0.05, 0.1) is 0 Å². The van der Waals surface area contributed by atoms with E-state index in [1.807, 2.05) is 0 Å². The van der Waals surface area contributed by atoms with Gasteiger partial charge in [-0.3, -0.25) is 0 Å². The zero-order valence-corrected chi connectivity index (χ0v) is 38.5. The van der Waals surface area contributed by atoms with Gasteiger partial charge in [-0.05, 0) is 149 Å². The second kappa shape index (κ2) is 13.0. The van der Waals surface area contributed by atoms with Crippen LogP contribution < -0.4 is 5.19 Å². The lowest BCUT2D eigenvalue weighted by atomic mass is 9.65. The molecule has 0 bridgehead atoms. The Balaban J connectivity index is 1.04. The van der Waals surface area contributed by atoms with Crippen molar-refractivity contribution in [2.75, 3.05) is 0 Å². The fourth-order valence-electron chi connectivity index (χ4n) is 13.4. The molecule has 63 heavy (non-hydrogen) atoms. The monoisotopic (exact) mass is 826 g/mol. The summed E-state index contributed by atoms with van der Waals surface area (Å²) in [5.74, 6) is 0.666. The maximum Gasteiger partial charge on any atom is 0.108 e. The third kappa shape index (κ3) is 5.15. The fraction of sp³-hybridized carbons (Fsp3) is 0.226. The molecule has 306 valence electrons. The molecule has 0 saturated carbocycles. The molecule has 0 N–H and O–H groups in total. The lowest BCUT2D eigenvalue weighted by Crippen LogP contribution is -2.40. The van der Waals surface area contributed by atoms with Crippen molar-refractivity contribution >= 4 is 30.5 Å². The van der Waals surface area contributed by atoms with E-state index >= 15 is 0 Å². The quantitative estimate of drug-likeness (QED) is 0.156. The van der Waals surface area contributed by atoms with E-state index in [9.17, 15) is 0 Å². The minimum absolute atomic E-state index is 0.0593. The third-order valence-electron chi connectivity index (χ3n) is 16.7. The van der Waals surface area contributed by atoms with Gasteiger partial charge in [-0.15, -0.1) is 0 Å². The van der Waals surface area contributed by atoms with Crippen LogP contribution in [0.2, 0.25) is 13.1 Å². The van der Waals surface area contributed by atoms with E-state index in [2.05, 4.69) is 199 Å². The molecule has 0 saturated heterocycles. The molecule has 6 aliphatic carbocycles. The molecular formula is C62H54Si. The summed E-state index contributed by atoms with van der Waals surface area (Å²) in [7, 11) is -2.06. The van der Waals surface area contributed by atoms with Gasteiger partial charge < -0.3 is 0 Å². The molecule has 0 radical (unpaired) electrons. The summed E-state index contributed by atoms with van der Waals surface area (Å²) in [5.41, 5.74) is 28.7. The van der Waals surface area contributed by atoms with Gasteiger partial charge in [-0.2, -0.15) is 0 Å². The second-order valence-electron chi connectivity index (χ2n) is 21.0. The van der Waals surface area contributed by atoms with Gasteiger partial charge in [0.25, 0.3) is 0 Å². The molecule has 0 amide bonds. The van der Waals surface area contributed by atoms with Gasteiger partial charge in [-0.1, -0.05) is 197 Å². The van der Waals surface area contributed by atoms with Crippen LogP contribution in [0.25, 0.3) is 50.6 Å². The topological polar surface area (TPSA) is 0 Å². The van der Waals surface area contributed by atoms with Crippen LogP contribution in [0.15, 0.2) is 174 Å². The van der Waals surface area contributed by atoms with Crippen molar-refractivity contribution in [3.8, 4) is 33.4 Å². The van der Waals surface area contributed by atoms with Crippen molar-refractivity contribution in [1.82, 2.24) is 0 Å². The average Bonchev–Trinajstić information content (AvgIpc) is 3.78. The smallest absolute Gasteiger partial charge is 0.0836 e. The van der Waals surface area contributed by atoms with E-state index in [1.165, 1.54) is 106 Å². The Kier molecular flexibility index (Phi) is 7.76. The van der Waals surface area contributed by atoms with Crippen LogP contribution in [0.1, 0.15) is 103 Å². The molecule has 1 heteroatoms. The summed E-state index contributed by atoms with van der Waals surface area (Å²) < 4.78 is 0. The van der Waals surface area contributed by atoms with Crippen LogP contribution in [0, 0.1) is 5.92 Å². The van der Waals surface area contributed by atoms with Crippen molar-refractivity contribution < 1.29 is 0 Å². The Morgan fingerprint density at radius 2 is 1.22 bits per heavy atom. The largest absolute Gasteiger partial charge is 0.108 e. The van der Waals surface area contributed by atoms with Crippen LogP contribution in [0.5, 0.6) is 0 Å². The zero-order valence-electron chi connectivity index (χ0n) is 37.5. The lowest BCUT2D eigenvalue weighted by Gasteiger charge is -2.40. The van der Waals surface area contributed by atoms with Gasteiger partial charge in [0.2, 0.25) is 0 Å². The molecule has 0 fully saturated rings. The van der Waals surface area contributed by atoms with Gasteiger partial charge in [0, 0.05) is 22.7 Å². The number of allylic oxidation sites excluding steroid dienone is 11. The molecule has 0 spiro atoms. The van der Waals surface area contributed by atoms with Crippen molar-refractivity contribution in [2.24, 2.45) is 5.92 Å². The molecular weight excluding hydrogens is 773 g/mol. The molecule has 2 atom stereocenters. The summed E-state index contributed by atoms with van der Waals surface area (Å²) >= 11 is 0. The Hall–Kier alpha value is -6.02. The summed E-state index contributed by atoms with van der Waals surface area (Å²) in [4.78, 5) is 0. The molecule has 6 aromatic rings. The van der Waals surface area contributed by atoms with Crippen molar-refractivity contribution in [2.45, 2.75) is 83.2 Å². The van der Waals surface area contributed by atoms with Crippen molar-refractivity contribution in [1.29, 1.82) is 0 Å². The minimum atomic E-state index is -2.06. The number of rotatable bonds is 3. The van der Waals surface area contributed by atoms with Gasteiger partial charge in [-0.25, -0.2) is 0 Å². The number of hydrogen-bond acceptors (Lipinski definition) is 0. The highest BCUT2D eigenvalue weighted by Crippen LogP contribution is 2.59. The molecule has 1 heterocycles. The predicted octanol–water partition coefficient (Wildman–Crippen LogP) is 15.2. The Bertz CT molecular complexity index is 3250. The first-order valence-corrected chi connectivity index (χ1v) is 26.5. The van der Waals surface area contributed by atoms with E-state index in [0.29, 0.717) is 5.92 Å². The summed E-state index contributed by atoms with van der Waals surface area (Å²) in [6, 6.07) is 47.9. The average molecular weight is 827 g/mol. The standard InChI is InChI=1S/C62H54Si/c1-61(2)53-21-13-11-17-43(53)45-28-26-41(32-55(45)61)59-48-19-9-10-20-49(48)60(42-27-29-46-44-18-12-14-22-54(44)62(3,4)56(46)33-42)52-36-58-50(35-51(52)59)47-30-25-40(34-57(47)63(58,5)6)39-24-23-37-15-7-8-16-38(37)31-39/h7,9-15,17-19,21-34,36,49-50H,8,16,20,35H2,1-6H3. The fourth-order valence-corrected chi connectivity index (χ4v) is 16.9. The minimum Gasteiger partial charge on any atom is -0.0836 e. The van der Waals surface area contributed by atoms with Crippen molar-refractivity contribution in [3.05, 3.63) is 224 Å². The van der Waals surface area contributed by atoms with Crippen LogP contribution in [0.4, 0.5) is 0 Å². The molecule has 2 unspecified atom stereocenters. The van der Waals surface area contributed by atoms with E-state index in [-0.39, 0.29) is 16.7 Å². The van der Waals surface area contributed by atoms with Crippen LogP contribution >= 0.6 is 0 Å². The molecule has 0 aromatic heterocycles. The molecule has 13 rings (SSSR count). The SMILES string of the molecule is CC1(C)c2ccccc2-c2ccc(C3=C4CC5C(=CC4=C(c4ccc6c(c4)C(C)(C)c4ccccc4-6)C4CC=CC=C34)[Si](C)(C)c3cc(-c4ccc6c(c4)CCC=C6)ccc35)cc21. The van der Waals surface area contributed by atoms with E-state index in [1.54, 1.807) is 15.9 Å². The highest BCUT2D eigenvalue weighted by Gasteiger charge is 2.48. The van der Waals surface area contributed by atoms with Crippen LogP contribution in [-0.2, 0) is 17.3 Å². The van der Waals surface area contributed by atoms with Crippen molar-refractivity contribution in [3.63, 3.8) is 0 Å². The number of fused-ring (bicyclic) bond motifs is 12. The summed E-state index contributed by atoms with van der Waals surface area (Å²) in [6.07, 6.45) is 18.9. The maximum atomic E-state index is 2.77. The number of benzene rings is 6. The Morgan fingerprint density at radius 1 is 0.587 bits per heavy atom. The second-order valence-corrected chi connectivity index (χ2v) is 25.4. The number of aryl methyl sites for hydroxylation is 1. The highest BCUT2D eigenvalue weighted by molar-refractivity contribution is 6.97. The normalized spacial score (nSPS) is 21.9. The molecule has 0 nitrogen and oxygen atoms in total. The zero-order chi connectivity index (χ0) is 42.6. The van der Waals surface area contributed by atoms with E-state index in [0.717, 1.165) is 25.7 Å². The van der Waals surface area contributed by atoms with E-state index < -0.39 is 8.07 Å². The summed E-state index contributed by atoms with van der Waals surface area (Å²) in [5, 5.41) is 3.34. The molecule has 1 aliphatic heterocycles. The van der Waals surface area contributed by atoms with Crippen LogP contribution in [-0.4, -0.2) is 8.07 Å². The third-order valence-corrected chi connectivity index (χ3v) is 20.5. The van der Waals surface area contributed by atoms with Gasteiger partial charge in [0.1, 0.15) is 8.07 Å². The highest BCUT2D eigenvalue weighted by atomic mass is 28.3. The molecule has 6 aromatic carbocycles. The maximum absolute atomic E-state index is 2.77. The first-order valence-electron chi connectivity index (χ1n) is 23.5. The predicted molar refractivity (Wildman–Crippen MR) is 269 cm³/mol. The first kappa shape index (κ1) is 37.5. The summed E-state index contributed by atoms with van der Waals surface area (Å²) in [6.45, 7) is 15.0. The Morgan fingerprint density at radius 3 is 1.97 bits per heavy atom. The number of hydrogen-bond donors (Lipinski definition) is 0. The first-order chi connectivity index (χ1) is 30.5. The lowest BCUT2D eigenvalue weighted by molar-refractivity contribution is 0.659. The van der Waals surface area contributed by atoms with Crippen LogP contribution in [0.3, 0.4) is 0 Å². The molecule has 7 aliphatic rings. The van der Waals surface area contributed by atoms with Gasteiger partial charge in [0.15, 0.2) is 0 Å².